The topological polar surface area (TPSA) is 67.2 Å². The number of rotatable bonds is 4. The molecule has 1 amide bonds. The zero-order valence-electron chi connectivity index (χ0n) is 17.8. The van der Waals surface area contributed by atoms with Gasteiger partial charge in [0.05, 0.1) is 0 Å². The smallest absolute Gasteiger partial charge is 0.257 e. The predicted molar refractivity (Wildman–Crippen MR) is 148 cm³/mol. The van der Waals surface area contributed by atoms with Gasteiger partial charge < -0.3 is 9.73 Å². The number of hydrogen-bond donors (Lipinski definition) is 2. The van der Waals surface area contributed by atoms with E-state index in [-0.39, 0.29) is 11.0 Å². The number of benzene rings is 4. The lowest BCUT2D eigenvalue weighted by molar-refractivity contribution is 0.0977. The van der Waals surface area contributed by atoms with Gasteiger partial charge in [0, 0.05) is 20.4 Å². The predicted octanol–water partition coefficient (Wildman–Crippen LogP) is 6.89. The first-order valence-corrected chi connectivity index (χ1v) is 12.0. The van der Waals surface area contributed by atoms with Crippen molar-refractivity contribution >= 4 is 62.6 Å². The standard InChI is InChI=1S/C27H18IN3O2S/c28-21-8-4-7-20(15-21)26-30-23-16-22(13-14-24(23)33-26)29-27(34)31-25(32)19-11-9-18(10-12-19)17-5-2-1-3-6-17/h1-16H,(H2,29,31,32,34). The molecule has 5 nitrogen and oxygen atoms in total. The van der Waals surface area contributed by atoms with Crippen molar-refractivity contribution in [2.75, 3.05) is 5.32 Å². The van der Waals surface area contributed by atoms with Crippen LogP contribution in [0.3, 0.4) is 0 Å². The van der Waals surface area contributed by atoms with Gasteiger partial charge in [-0.2, -0.15) is 0 Å². The van der Waals surface area contributed by atoms with Crippen molar-refractivity contribution in [1.29, 1.82) is 0 Å². The van der Waals surface area contributed by atoms with Crippen molar-refractivity contribution < 1.29 is 9.21 Å². The van der Waals surface area contributed by atoms with Crippen LogP contribution in [0.5, 0.6) is 0 Å². The molecule has 1 aromatic heterocycles. The molecule has 0 spiro atoms. The molecular weight excluding hydrogens is 557 g/mol. The minimum Gasteiger partial charge on any atom is -0.436 e. The first-order valence-electron chi connectivity index (χ1n) is 10.5. The minimum atomic E-state index is -0.277. The largest absolute Gasteiger partial charge is 0.436 e. The van der Waals surface area contributed by atoms with Crippen LogP contribution in [0.15, 0.2) is 101 Å². The number of nitrogens with zero attached hydrogens (tertiary/aromatic N) is 1. The van der Waals surface area contributed by atoms with Gasteiger partial charge in [0.25, 0.3) is 5.91 Å². The van der Waals surface area contributed by atoms with E-state index in [1.54, 1.807) is 12.1 Å². The van der Waals surface area contributed by atoms with Crippen LogP contribution in [0.4, 0.5) is 5.69 Å². The monoisotopic (exact) mass is 575 g/mol. The van der Waals surface area contributed by atoms with E-state index in [1.165, 1.54) is 0 Å². The van der Waals surface area contributed by atoms with Crippen LogP contribution in [-0.4, -0.2) is 16.0 Å². The van der Waals surface area contributed by atoms with Crippen LogP contribution < -0.4 is 10.6 Å². The second-order valence-corrected chi connectivity index (χ2v) is 9.22. The summed E-state index contributed by atoms with van der Waals surface area (Å²) in [7, 11) is 0. The van der Waals surface area contributed by atoms with Crippen LogP contribution >= 0.6 is 34.8 Å². The highest BCUT2D eigenvalue weighted by Crippen LogP contribution is 2.27. The van der Waals surface area contributed by atoms with Gasteiger partial charge in [-0.15, -0.1) is 0 Å². The number of halogens is 1. The molecule has 0 radical (unpaired) electrons. The van der Waals surface area contributed by atoms with E-state index in [1.807, 2.05) is 84.9 Å². The summed E-state index contributed by atoms with van der Waals surface area (Å²) >= 11 is 7.60. The highest BCUT2D eigenvalue weighted by atomic mass is 127. The number of oxazole rings is 1. The zero-order valence-corrected chi connectivity index (χ0v) is 20.8. The number of thiocarbonyl (C=S) groups is 1. The SMILES string of the molecule is O=C(NC(=S)Nc1ccc2oc(-c3cccc(I)c3)nc2c1)c1ccc(-c2ccccc2)cc1. The third-order valence-corrected chi connectivity index (χ3v) is 6.07. The molecule has 1 heterocycles. The zero-order chi connectivity index (χ0) is 23.5. The molecule has 0 aliphatic heterocycles. The van der Waals surface area contributed by atoms with E-state index in [0.29, 0.717) is 28.2 Å². The fourth-order valence-electron chi connectivity index (χ4n) is 3.53. The van der Waals surface area contributed by atoms with Gasteiger partial charge in [0.2, 0.25) is 5.89 Å². The van der Waals surface area contributed by atoms with Crippen molar-refractivity contribution in [3.8, 4) is 22.6 Å². The van der Waals surface area contributed by atoms with Crippen molar-refractivity contribution in [3.05, 3.63) is 106 Å². The molecule has 5 aromatic rings. The maximum atomic E-state index is 12.6. The lowest BCUT2D eigenvalue weighted by Crippen LogP contribution is -2.34. The Labute approximate surface area is 215 Å². The van der Waals surface area contributed by atoms with E-state index in [2.05, 4.69) is 38.2 Å². The summed E-state index contributed by atoms with van der Waals surface area (Å²) in [5, 5.41) is 5.98. The van der Waals surface area contributed by atoms with Crippen molar-refractivity contribution in [1.82, 2.24) is 10.3 Å². The van der Waals surface area contributed by atoms with Crippen LogP contribution in [-0.2, 0) is 0 Å². The number of amides is 1. The van der Waals surface area contributed by atoms with E-state index in [0.717, 1.165) is 20.3 Å². The summed E-state index contributed by atoms with van der Waals surface area (Å²) in [5.41, 5.74) is 5.66. The fraction of sp³-hybridized carbons (Fsp3) is 0. The molecule has 0 unspecified atom stereocenters. The molecule has 0 bridgehead atoms. The molecule has 0 atom stereocenters. The Morgan fingerprint density at radius 1 is 0.824 bits per heavy atom. The van der Waals surface area contributed by atoms with Crippen LogP contribution in [0.25, 0.3) is 33.7 Å². The Hall–Kier alpha value is -3.56. The third-order valence-electron chi connectivity index (χ3n) is 5.20. The molecule has 0 aliphatic carbocycles. The maximum absolute atomic E-state index is 12.6. The van der Waals surface area contributed by atoms with Crippen molar-refractivity contribution in [3.63, 3.8) is 0 Å². The van der Waals surface area contributed by atoms with Crippen LogP contribution in [0, 0.1) is 3.57 Å². The first kappa shape index (κ1) is 22.2. The number of fused-ring (bicyclic) bond motifs is 1. The summed E-state index contributed by atoms with van der Waals surface area (Å²) in [6, 6.07) is 30.9. The highest BCUT2D eigenvalue weighted by Gasteiger charge is 2.12. The van der Waals surface area contributed by atoms with E-state index in [9.17, 15) is 4.79 Å². The lowest BCUT2D eigenvalue weighted by Gasteiger charge is -2.10. The number of anilines is 1. The third kappa shape index (κ3) is 5.00. The summed E-state index contributed by atoms with van der Waals surface area (Å²) in [4.78, 5) is 17.2. The van der Waals surface area contributed by atoms with Crippen molar-refractivity contribution in [2.45, 2.75) is 0 Å². The van der Waals surface area contributed by atoms with Gasteiger partial charge in [-0.3, -0.25) is 10.1 Å². The lowest BCUT2D eigenvalue weighted by atomic mass is 10.0. The molecule has 5 rings (SSSR count). The number of carbonyl (C=O) groups excluding carboxylic acids is 1. The van der Waals surface area contributed by atoms with Gasteiger partial charge in [-0.1, -0.05) is 48.5 Å². The normalized spacial score (nSPS) is 10.7. The molecule has 4 aromatic carbocycles. The number of aromatic nitrogens is 1. The average molecular weight is 575 g/mol. The molecule has 0 aliphatic rings. The number of carbonyl (C=O) groups is 1. The van der Waals surface area contributed by atoms with Gasteiger partial charge in [-0.05, 0) is 94.5 Å². The summed E-state index contributed by atoms with van der Waals surface area (Å²) < 4.78 is 7.00. The minimum absolute atomic E-state index is 0.206. The molecular formula is C27H18IN3O2S. The number of nitrogens with one attached hydrogen (secondary N) is 2. The Balaban J connectivity index is 1.25. The second kappa shape index (κ2) is 9.74. The maximum Gasteiger partial charge on any atom is 0.257 e. The van der Waals surface area contributed by atoms with Crippen LogP contribution in [0.1, 0.15) is 10.4 Å². The quantitative estimate of drug-likeness (QED) is 0.181. The van der Waals surface area contributed by atoms with Gasteiger partial charge in [0.1, 0.15) is 5.52 Å². The first-order chi connectivity index (χ1) is 16.5. The molecule has 166 valence electrons. The molecule has 0 saturated heterocycles. The molecule has 7 heteroatoms. The molecule has 2 N–H and O–H groups in total. The van der Waals surface area contributed by atoms with E-state index < -0.39 is 0 Å². The highest BCUT2D eigenvalue weighted by molar-refractivity contribution is 14.1. The number of hydrogen-bond acceptors (Lipinski definition) is 4. The molecule has 34 heavy (non-hydrogen) atoms. The fourth-order valence-corrected chi connectivity index (χ4v) is 4.29. The summed E-state index contributed by atoms with van der Waals surface area (Å²) in [5.74, 6) is 0.279. The Morgan fingerprint density at radius 2 is 1.56 bits per heavy atom. The van der Waals surface area contributed by atoms with Gasteiger partial charge in [-0.25, -0.2) is 4.98 Å². The second-order valence-electron chi connectivity index (χ2n) is 7.56. The molecule has 0 saturated carbocycles. The Kier molecular flexibility index (Phi) is 6.37. The Morgan fingerprint density at radius 3 is 2.32 bits per heavy atom. The van der Waals surface area contributed by atoms with Crippen LogP contribution in [0.2, 0.25) is 0 Å². The van der Waals surface area contributed by atoms with Gasteiger partial charge in [0.15, 0.2) is 10.7 Å². The average Bonchev–Trinajstić information content (AvgIpc) is 3.28. The summed E-state index contributed by atoms with van der Waals surface area (Å²) in [6.45, 7) is 0. The summed E-state index contributed by atoms with van der Waals surface area (Å²) in [6.07, 6.45) is 0. The van der Waals surface area contributed by atoms with Crippen molar-refractivity contribution in [2.24, 2.45) is 0 Å². The Bertz CT molecular complexity index is 1500. The molecule has 0 fully saturated rings. The van der Waals surface area contributed by atoms with E-state index >= 15 is 0 Å². The van der Waals surface area contributed by atoms with Gasteiger partial charge >= 0.3 is 0 Å². The van der Waals surface area contributed by atoms with E-state index in [4.69, 9.17) is 16.6 Å².